The fraction of sp³-hybridized carbons (Fsp3) is 0.867. The molecular weight excluding hydrogens is 180 g/mol. The minimum atomic E-state index is 0.941. The SMILES string of the molecule is C(=C\C1CCCC1)/CCC1CCCCC1. The minimum Gasteiger partial charge on any atom is -0.0882 e. The summed E-state index contributed by atoms with van der Waals surface area (Å²) in [5.41, 5.74) is 0. The van der Waals surface area contributed by atoms with E-state index in [2.05, 4.69) is 12.2 Å². The third-order valence-corrected chi connectivity index (χ3v) is 4.27. The van der Waals surface area contributed by atoms with E-state index in [0.717, 1.165) is 11.8 Å². The van der Waals surface area contributed by atoms with Crippen LogP contribution in [0, 0.1) is 11.8 Å². The van der Waals surface area contributed by atoms with Crippen LogP contribution in [0.2, 0.25) is 0 Å². The minimum absolute atomic E-state index is 0.941. The Bertz CT molecular complexity index is 180. The molecule has 2 aliphatic rings. The zero-order chi connectivity index (χ0) is 10.3. The smallest absolute Gasteiger partial charge is 0.0234 e. The molecule has 0 aliphatic heterocycles. The van der Waals surface area contributed by atoms with Gasteiger partial charge in [-0.2, -0.15) is 0 Å². The van der Waals surface area contributed by atoms with Gasteiger partial charge in [-0.25, -0.2) is 0 Å². The van der Waals surface area contributed by atoms with Crippen LogP contribution >= 0.6 is 0 Å². The summed E-state index contributed by atoms with van der Waals surface area (Å²) in [5, 5.41) is 0. The van der Waals surface area contributed by atoms with Crippen molar-refractivity contribution in [1.82, 2.24) is 0 Å². The first-order valence-electron chi connectivity index (χ1n) is 7.12. The first-order chi connectivity index (χ1) is 7.45. The van der Waals surface area contributed by atoms with Gasteiger partial charge in [0.1, 0.15) is 0 Å². The Morgan fingerprint density at radius 1 is 0.800 bits per heavy atom. The van der Waals surface area contributed by atoms with Gasteiger partial charge in [0.05, 0.1) is 0 Å². The fourth-order valence-electron chi connectivity index (χ4n) is 3.25. The molecule has 0 aromatic rings. The Labute approximate surface area is 95.1 Å². The van der Waals surface area contributed by atoms with Gasteiger partial charge in [0.2, 0.25) is 0 Å². The predicted octanol–water partition coefficient (Wildman–Crippen LogP) is 5.09. The Morgan fingerprint density at radius 3 is 2.20 bits per heavy atom. The van der Waals surface area contributed by atoms with E-state index in [1.54, 1.807) is 0 Å². The number of hydrogen-bond donors (Lipinski definition) is 0. The highest BCUT2D eigenvalue weighted by atomic mass is 14.2. The molecule has 15 heavy (non-hydrogen) atoms. The third kappa shape index (κ3) is 4.01. The van der Waals surface area contributed by atoms with Crippen LogP contribution in [0.5, 0.6) is 0 Å². The molecule has 0 heteroatoms. The van der Waals surface area contributed by atoms with Gasteiger partial charge in [-0.15, -0.1) is 0 Å². The van der Waals surface area contributed by atoms with Gasteiger partial charge >= 0.3 is 0 Å². The largest absolute Gasteiger partial charge is 0.0882 e. The van der Waals surface area contributed by atoms with Crippen molar-refractivity contribution in [3.63, 3.8) is 0 Å². The lowest BCUT2D eigenvalue weighted by molar-refractivity contribution is 0.341. The van der Waals surface area contributed by atoms with Gasteiger partial charge < -0.3 is 0 Å². The molecule has 0 amide bonds. The van der Waals surface area contributed by atoms with Crippen molar-refractivity contribution in [3.05, 3.63) is 12.2 Å². The second kappa shape index (κ2) is 6.35. The summed E-state index contributed by atoms with van der Waals surface area (Å²) in [6.45, 7) is 0. The van der Waals surface area contributed by atoms with Crippen molar-refractivity contribution in [1.29, 1.82) is 0 Å². The van der Waals surface area contributed by atoms with Gasteiger partial charge in [-0.05, 0) is 37.5 Å². The zero-order valence-electron chi connectivity index (χ0n) is 10.1. The lowest BCUT2D eigenvalue weighted by Crippen LogP contribution is -2.05. The molecule has 0 atom stereocenters. The third-order valence-electron chi connectivity index (χ3n) is 4.27. The molecule has 0 nitrogen and oxygen atoms in total. The van der Waals surface area contributed by atoms with Crippen molar-refractivity contribution in [2.75, 3.05) is 0 Å². The Hall–Kier alpha value is -0.260. The summed E-state index contributed by atoms with van der Waals surface area (Å²) in [6, 6.07) is 0. The van der Waals surface area contributed by atoms with Crippen LogP contribution in [0.25, 0.3) is 0 Å². The second-order valence-corrected chi connectivity index (χ2v) is 5.55. The van der Waals surface area contributed by atoms with E-state index in [1.807, 2.05) is 0 Å². The van der Waals surface area contributed by atoms with Gasteiger partial charge in [0.15, 0.2) is 0 Å². The summed E-state index contributed by atoms with van der Waals surface area (Å²) < 4.78 is 0. The molecule has 0 aromatic carbocycles. The Balaban J connectivity index is 1.56. The molecular formula is C15H26. The normalized spacial score (nSPS) is 25.3. The molecule has 0 N–H and O–H groups in total. The molecule has 2 rings (SSSR count). The lowest BCUT2D eigenvalue weighted by Gasteiger charge is -2.20. The van der Waals surface area contributed by atoms with Crippen LogP contribution in [0.15, 0.2) is 12.2 Å². The standard InChI is InChI=1S/C15H26/c1-2-8-14(9-3-1)10-4-5-11-15-12-6-7-13-15/h5,11,14-15H,1-4,6-10,12-13H2/b11-5+. The molecule has 86 valence electrons. The Morgan fingerprint density at radius 2 is 1.47 bits per heavy atom. The van der Waals surface area contributed by atoms with Gasteiger partial charge in [-0.1, -0.05) is 57.1 Å². The average molecular weight is 206 g/mol. The summed E-state index contributed by atoms with van der Waals surface area (Å²) in [7, 11) is 0. The molecule has 0 bridgehead atoms. The molecule has 2 aliphatic carbocycles. The molecule has 0 unspecified atom stereocenters. The van der Waals surface area contributed by atoms with E-state index in [0.29, 0.717) is 0 Å². The first kappa shape index (κ1) is 11.2. The highest BCUT2D eigenvalue weighted by Gasteiger charge is 2.13. The maximum absolute atomic E-state index is 2.51. The highest BCUT2D eigenvalue weighted by molar-refractivity contribution is 4.91. The summed E-state index contributed by atoms with van der Waals surface area (Å²) in [5.74, 6) is 2.00. The number of allylic oxidation sites excluding steroid dienone is 2. The van der Waals surface area contributed by atoms with Crippen LogP contribution in [0.4, 0.5) is 0 Å². The van der Waals surface area contributed by atoms with E-state index in [1.165, 1.54) is 70.6 Å². The van der Waals surface area contributed by atoms with Crippen molar-refractivity contribution >= 4 is 0 Å². The number of hydrogen-bond acceptors (Lipinski definition) is 0. The Kier molecular flexibility index (Phi) is 4.76. The van der Waals surface area contributed by atoms with Crippen molar-refractivity contribution in [2.24, 2.45) is 11.8 Å². The summed E-state index contributed by atoms with van der Waals surface area (Å²) >= 11 is 0. The average Bonchev–Trinajstić information content (AvgIpc) is 2.79. The summed E-state index contributed by atoms with van der Waals surface area (Å²) in [6.07, 6.45) is 21.2. The first-order valence-corrected chi connectivity index (χ1v) is 7.12. The van der Waals surface area contributed by atoms with Crippen molar-refractivity contribution in [2.45, 2.75) is 70.6 Å². The molecule has 0 aromatic heterocycles. The molecule has 0 spiro atoms. The van der Waals surface area contributed by atoms with E-state index >= 15 is 0 Å². The van der Waals surface area contributed by atoms with Crippen LogP contribution in [-0.2, 0) is 0 Å². The predicted molar refractivity (Wildman–Crippen MR) is 66.9 cm³/mol. The summed E-state index contributed by atoms with van der Waals surface area (Å²) in [4.78, 5) is 0. The molecule has 0 saturated heterocycles. The van der Waals surface area contributed by atoms with Crippen LogP contribution in [0.3, 0.4) is 0 Å². The van der Waals surface area contributed by atoms with Crippen molar-refractivity contribution in [3.8, 4) is 0 Å². The van der Waals surface area contributed by atoms with E-state index in [-0.39, 0.29) is 0 Å². The zero-order valence-corrected chi connectivity index (χ0v) is 10.1. The van der Waals surface area contributed by atoms with Gasteiger partial charge in [0, 0.05) is 0 Å². The topological polar surface area (TPSA) is 0 Å². The molecule has 2 fully saturated rings. The van der Waals surface area contributed by atoms with Crippen LogP contribution < -0.4 is 0 Å². The lowest BCUT2D eigenvalue weighted by atomic mass is 9.86. The maximum Gasteiger partial charge on any atom is -0.0234 e. The molecule has 0 radical (unpaired) electrons. The van der Waals surface area contributed by atoms with Crippen LogP contribution in [-0.4, -0.2) is 0 Å². The fourth-order valence-corrected chi connectivity index (χ4v) is 3.25. The highest BCUT2D eigenvalue weighted by Crippen LogP contribution is 2.28. The van der Waals surface area contributed by atoms with Crippen molar-refractivity contribution < 1.29 is 0 Å². The number of rotatable bonds is 4. The molecule has 0 heterocycles. The monoisotopic (exact) mass is 206 g/mol. The quantitative estimate of drug-likeness (QED) is 0.562. The van der Waals surface area contributed by atoms with Gasteiger partial charge in [0.25, 0.3) is 0 Å². The van der Waals surface area contributed by atoms with E-state index in [9.17, 15) is 0 Å². The molecule has 2 saturated carbocycles. The van der Waals surface area contributed by atoms with Crippen LogP contribution in [0.1, 0.15) is 70.6 Å². The maximum atomic E-state index is 2.51. The van der Waals surface area contributed by atoms with E-state index < -0.39 is 0 Å². The second-order valence-electron chi connectivity index (χ2n) is 5.55. The van der Waals surface area contributed by atoms with E-state index in [4.69, 9.17) is 0 Å². The van der Waals surface area contributed by atoms with Gasteiger partial charge in [-0.3, -0.25) is 0 Å².